The molecule has 1 aromatic heterocycles. The van der Waals surface area contributed by atoms with Crippen molar-refractivity contribution in [1.82, 2.24) is 9.88 Å². The number of pyridine rings is 1. The van der Waals surface area contributed by atoms with E-state index in [0.29, 0.717) is 5.56 Å². The maximum atomic E-state index is 11.8. The van der Waals surface area contributed by atoms with E-state index in [4.69, 9.17) is 0 Å². The first-order valence-corrected chi connectivity index (χ1v) is 8.16. The number of amides is 1. The summed E-state index contributed by atoms with van der Waals surface area (Å²) in [6.45, 7) is 0.751. The molecule has 23 heavy (non-hydrogen) atoms. The first kappa shape index (κ1) is 15.5. The van der Waals surface area contributed by atoms with E-state index in [1.807, 2.05) is 12.1 Å². The number of nitrogens with one attached hydrogen (secondary N) is 1. The second-order valence-corrected chi connectivity index (χ2v) is 6.30. The molecule has 0 aliphatic heterocycles. The molecule has 1 aliphatic carbocycles. The molecule has 0 radical (unpaired) electrons. The Labute approximate surface area is 137 Å². The van der Waals surface area contributed by atoms with Crippen LogP contribution in [-0.4, -0.2) is 29.9 Å². The second-order valence-electron chi connectivity index (χ2n) is 6.30. The number of fused-ring (bicyclic) bond motifs is 1. The van der Waals surface area contributed by atoms with E-state index in [0.717, 1.165) is 12.4 Å². The molecule has 1 heterocycles. The van der Waals surface area contributed by atoms with Gasteiger partial charge in [0.15, 0.2) is 0 Å². The molecule has 1 N–H and O–H groups in total. The van der Waals surface area contributed by atoms with Crippen molar-refractivity contribution < 1.29 is 4.79 Å². The quantitative estimate of drug-likeness (QED) is 0.943. The highest BCUT2D eigenvalue weighted by molar-refractivity contribution is 5.93. The predicted octanol–water partition coefficient (Wildman–Crippen LogP) is 3.27. The van der Waals surface area contributed by atoms with Gasteiger partial charge in [0, 0.05) is 26.8 Å². The minimum Gasteiger partial charge on any atom is -0.366 e. The first-order valence-electron chi connectivity index (χ1n) is 8.16. The normalized spacial score (nSPS) is 13.3. The lowest BCUT2D eigenvalue weighted by Crippen LogP contribution is -2.21. The molecule has 0 spiro atoms. The molecule has 1 amide bonds. The highest BCUT2D eigenvalue weighted by Crippen LogP contribution is 2.22. The topological polar surface area (TPSA) is 45.2 Å². The van der Waals surface area contributed by atoms with Crippen LogP contribution < -0.4 is 5.32 Å². The number of hydrogen-bond donors (Lipinski definition) is 1. The molecule has 0 unspecified atom stereocenters. The number of hydrogen-bond acceptors (Lipinski definition) is 3. The van der Waals surface area contributed by atoms with E-state index in [1.165, 1.54) is 42.4 Å². The fraction of sp³-hybridized carbons (Fsp3) is 0.368. The Hall–Kier alpha value is -2.36. The highest BCUT2D eigenvalue weighted by atomic mass is 16.2. The monoisotopic (exact) mass is 309 g/mol. The Balaban J connectivity index is 1.63. The Morgan fingerprint density at radius 2 is 1.91 bits per heavy atom. The number of rotatable bonds is 4. The average molecular weight is 309 g/mol. The smallest absolute Gasteiger partial charge is 0.254 e. The summed E-state index contributed by atoms with van der Waals surface area (Å²) in [5.74, 6) is 0.761. The zero-order valence-corrected chi connectivity index (χ0v) is 13.8. The minimum atomic E-state index is -0.0289. The van der Waals surface area contributed by atoms with Crippen molar-refractivity contribution in [2.24, 2.45) is 0 Å². The molecule has 0 atom stereocenters. The van der Waals surface area contributed by atoms with Gasteiger partial charge in [-0.05, 0) is 54.5 Å². The molecule has 4 heteroatoms. The predicted molar refractivity (Wildman–Crippen MR) is 92.7 cm³/mol. The minimum absolute atomic E-state index is 0.0289. The number of carbonyl (C=O) groups excluding carboxylic acids is 1. The molecule has 1 aliphatic rings. The van der Waals surface area contributed by atoms with E-state index >= 15 is 0 Å². The van der Waals surface area contributed by atoms with E-state index in [9.17, 15) is 4.79 Å². The maximum absolute atomic E-state index is 11.8. The summed E-state index contributed by atoms with van der Waals surface area (Å²) in [5.41, 5.74) is 4.88. The van der Waals surface area contributed by atoms with Crippen LogP contribution in [0.25, 0.3) is 0 Å². The van der Waals surface area contributed by atoms with Gasteiger partial charge >= 0.3 is 0 Å². The number of nitrogens with zero attached hydrogens (tertiary/aromatic N) is 2. The van der Waals surface area contributed by atoms with Crippen LogP contribution in [0.3, 0.4) is 0 Å². The third-order valence-corrected chi connectivity index (χ3v) is 4.30. The molecule has 0 saturated heterocycles. The molecule has 4 nitrogen and oxygen atoms in total. The van der Waals surface area contributed by atoms with Gasteiger partial charge in [-0.15, -0.1) is 0 Å². The fourth-order valence-corrected chi connectivity index (χ4v) is 2.97. The van der Waals surface area contributed by atoms with Gasteiger partial charge in [-0.1, -0.05) is 18.2 Å². The van der Waals surface area contributed by atoms with Crippen molar-refractivity contribution in [2.75, 3.05) is 19.4 Å². The molecule has 1 aromatic carbocycles. The summed E-state index contributed by atoms with van der Waals surface area (Å²) in [6, 6.07) is 10.4. The van der Waals surface area contributed by atoms with E-state index in [-0.39, 0.29) is 5.91 Å². The van der Waals surface area contributed by atoms with Gasteiger partial charge in [0.05, 0.1) is 5.56 Å². The summed E-state index contributed by atoms with van der Waals surface area (Å²) in [4.78, 5) is 17.7. The van der Waals surface area contributed by atoms with Gasteiger partial charge in [0.2, 0.25) is 0 Å². The number of aryl methyl sites for hydroxylation is 2. The van der Waals surface area contributed by atoms with Crippen LogP contribution in [0, 0.1) is 0 Å². The lowest BCUT2D eigenvalue weighted by molar-refractivity contribution is 0.0827. The van der Waals surface area contributed by atoms with Crippen LogP contribution >= 0.6 is 0 Å². The van der Waals surface area contributed by atoms with Crippen LogP contribution in [0.4, 0.5) is 5.82 Å². The molecule has 3 rings (SSSR count). The number of anilines is 1. The van der Waals surface area contributed by atoms with Crippen molar-refractivity contribution in [3.63, 3.8) is 0 Å². The van der Waals surface area contributed by atoms with Gasteiger partial charge in [0.25, 0.3) is 5.91 Å². The van der Waals surface area contributed by atoms with Crippen LogP contribution in [0.15, 0.2) is 36.5 Å². The molecular weight excluding hydrogens is 286 g/mol. The van der Waals surface area contributed by atoms with Crippen LogP contribution in [-0.2, 0) is 19.4 Å². The molecule has 0 fully saturated rings. The zero-order valence-electron chi connectivity index (χ0n) is 13.8. The lowest BCUT2D eigenvalue weighted by Gasteiger charge is -2.17. The highest BCUT2D eigenvalue weighted by Gasteiger charge is 2.10. The third kappa shape index (κ3) is 3.70. The Bertz CT molecular complexity index is 692. The van der Waals surface area contributed by atoms with Crippen molar-refractivity contribution in [1.29, 1.82) is 0 Å². The van der Waals surface area contributed by atoms with Crippen molar-refractivity contribution >= 4 is 11.7 Å². The van der Waals surface area contributed by atoms with Crippen LogP contribution in [0.1, 0.15) is 39.9 Å². The van der Waals surface area contributed by atoms with Crippen molar-refractivity contribution in [3.8, 4) is 0 Å². The van der Waals surface area contributed by atoms with Gasteiger partial charge < -0.3 is 10.2 Å². The maximum Gasteiger partial charge on any atom is 0.254 e. The van der Waals surface area contributed by atoms with Crippen molar-refractivity contribution in [2.45, 2.75) is 32.2 Å². The molecule has 0 bridgehead atoms. The van der Waals surface area contributed by atoms with E-state index < -0.39 is 0 Å². The lowest BCUT2D eigenvalue weighted by atomic mass is 9.90. The third-order valence-electron chi connectivity index (χ3n) is 4.30. The molecule has 120 valence electrons. The van der Waals surface area contributed by atoms with Crippen molar-refractivity contribution in [3.05, 3.63) is 58.8 Å². The Morgan fingerprint density at radius 1 is 1.13 bits per heavy atom. The summed E-state index contributed by atoms with van der Waals surface area (Å²) in [6.07, 6.45) is 6.64. The van der Waals surface area contributed by atoms with Crippen LogP contribution in [0.5, 0.6) is 0 Å². The van der Waals surface area contributed by atoms with Gasteiger partial charge in [0.1, 0.15) is 5.82 Å². The largest absolute Gasteiger partial charge is 0.366 e. The Kier molecular flexibility index (Phi) is 4.60. The molecule has 2 aromatic rings. The van der Waals surface area contributed by atoms with E-state index in [2.05, 4.69) is 28.5 Å². The van der Waals surface area contributed by atoms with Gasteiger partial charge in [-0.2, -0.15) is 0 Å². The summed E-state index contributed by atoms with van der Waals surface area (Å²) < 4.78 is 0. The molecular formula is C19H23N3O. The van der Waals surface area contributed by atoms with Gasteiger partial charge in [-0.25, -0.2) is 4.98 Å². The summed E-state index contributed by atoms with van der Waals surface area (Å²) >= 11 is 0. The van der Waals surface area contributed by atoms with Gasteiger partial charge in [-0.3, -0.25) is 4.79 Å². The number of benzene rings is 1. The number of aromatic nitrogens is 1. The average Bonchev–Trinajstić information content (AvgIpc) is 2.59. The Morgan fingerprint density at radius 3 is 2.61 bits per heavy atom. The molecule has 0 saturated carbocycles. The number of carbonyl (C=O) groups is 1. The SMILES string of the molecule is CN(C)C(=O)c1ccc(NCc2ccc3c(c2)CCCC3)nc1. The van der Waals surface area contributed by atoms with E-state index in [1.54, 1.807) is 25.2 Å². The first-order chi connectivity index (χ1) is 11.1. The standard InChI is InChI=1S/C19H23N3O/c1-22(2)19(23)17-9-10-18(21-13-17)20-12-14-7-8-15-5-3-4-6-16(15)11-14/h7-11,13H,3-6,12H2,1-2H3,(H,20,21). The summed E-state index contributed by atoms with van der Waals surface area (Å²) in [5, 5.41) is 3.33. The fourth-order valence-electron chi connectivity index (χ4n) is 2.97. The summed E-state index contributed by atoms with van der Waals surface area (Å²) in [7, 11) is 3.48. The van der Waals surface area contributed by atoms with Crippen LogP contribution in [0.2, 0.25) is 0 Å². The second kappa shape index (κ2) is 6.82. The zero-order chi connectivity index (χ0) is 16.2.